The van der Waals surface area contributed by atoms with E-state index in [2.05, 4.69) is 15.6 Å². The molecule has 0 radical (unpaired) electrons. The molecule has 1 aromatic heterocycles. The zero-order valence-electron chi connectivity index (χ0n) is 14.9. The third-order valence-corrected chi connectivity index (χ3v) is 4.83. The van der Waals surface area contributed by atoms with Crippen molar-refractivity contribution in [1.82, 2.24) is 15.0 Å². The molecule has 13 heteroatoms. The topological polar surface area (TPSA) is 120 Å². The van der Waals surface area contributed by atoms with Crippen molar-refractivity contribution >= 4 is 21.6 Å². The highest BCUT2D eigenvalue weighted by Gasteiger charge is 2.35. The van der Waals surface area contributed by atoms with E-state index in [1.165, 1.54) is 24.3 Å². The summed E-state index contributed by atoms with van der Waals surface area (Å²) in [6.45, 7) is 0. The summed E-state index contributed by atoms with van der Waals surface area (Å²) in [5, 5.41) is 13.8. The molecule has 0 saturated carbocycles. The van der Waals surface area contributed by atoms with E-state index in [9.17, 15) is 30.8 Å². The first-order valence-corrected chi connectivity index (χ1v) is 9.70. The van der Waals surface area contributed by atoms with Crippen molar-refractivity contribution in [2.45, 2.75) is 17.5 Å². The van der Waals surface area contributed by atoms with E-state index in [0.29, 0.717) is 10.9 Å². The van der Waals surface area contributed by atoms with Crippen LogP contribution in [-0.2, 0) is 27.4 Å². The lowest BCUT2D eigenvalue weighted by atomic mass is 10.1. The van der Waals surface area contributed by atoms with Gasteiger partial charge in [0, 0.05) is 5.69 Å². The summed E-state index contributed by atoms with van der Waals surface area (Å²) in [5.41, 5.74) is -1.52. The lowest BCUT2D eigenvalue weighted by Crippen LogP contribution is -2.18. The van der Waals surface area contributed by atoms with Crippen molar-refractivity contribution in [1.29, 1.82) is 0 Å². The van der Waals surface area contributed by atoms with E-state index in [1.54, 1.807) is 6.07 Å². The number of benzene rings is 2. The molecule has 0 spiro atoms. The zero-order chi connectivity index (χ0) is 22.1. The van der Waals surface area contributed by atoms with Gasteiger partial charge in [-0.2, -0.15) is 13.2 Å². The van der Waals surface area contributed by atoms with Crippen LogP contribution in [0.15, 0.2) is 53.6 Å². The Balaban J connectivity index is 1.91. The van der Waals surface area contributed by atoms with Crippen molar-refractivity contribution in [3.8, 4) is 5.69 Å². The molecular formula is C17H13F4N5O3S. The molecule has 0 aliphatic heterocycles. The second-order valence-electron chi connectivity index (χ2n) is 6.09. The molecule has 3 N–H and O–H groups in total. The molecule has 0 aliphatic rings. The van der Waals surface area contributed by atoms with Gasteiger partial charge in [0.25, 0.3) is 0 Å². The minimum atomic E-state index is -4.78. The van der Waals surface area contributed by atoms with E-state index in [-0.39, 0.29) is 23.4 Å². The third kappa shape index (κ3) is 4.80. The van der Waals surface area contributed by atoms with Crippen LogP contribution in [0.5, 0.6) is 0 Å². The number of carbonyl (C=O) groups excluding carboxylic acids is 1. The Morgan fingerprint density at radius 1 is 1.17 bits per heavy atom. The van der Waals surface area contributed by atoms with Gasteiger partial charge in [-0.3, -0.25) is 4.79 Å². The highest BCUT2D eigenvalue weighted by molar-refractivity contribution is 7.89. The lowest BCUT2D eigenvalue weighted by molar-refractivity contribution is -0.141. The second kappa shape index (κ2) is 7.84. The largest absolute Gasteiger partial charge is 0.436 e. The van der Waals surface area contributed by atoms with Gasteiger partial charge in [-0.25, -0.2) is 22.6 Å². The smallest absolute Gasteiger partial charge is 0.326 e. The van der Waals surface area contributed by atoms with Crippen LogP contribution in [0.1, 0.15) is 11.3 Å². The predicted molar refractivity (Wildman–Crippen MR) is 96.5 cm³/mol. The number of sulfonamides is 1. The molecule has 0 unspecified atom stereocenters. The first-order chi connectivity index (χ1) is 13.9. The molecule has 0 saturated heterocycles. The quantitative estimate of drug-likeness (QED) is 0.586. The SMILES string of the molecule is NS(=O)(=O)c1cc(NC(=O)Cc2ccccc2F)ccc1-n1cc(C(F)(F)F)nn1. The fraction of sp³-hybridized carbons (Fsp3) is 0.118. The summed E-state index contributed by atoms with van der Waals surface area (Å²) >= 11 is 0. The molecule has 0 aliphatic carbocycles. The highest BCUT2D eigenvalue weighted by atomic mass is 32.2. The number of nitrogens with one attached hydrogen (secondary N) is 1. The number of nitrogens with zero attached hydrogens (tertiary/aromatic N) is 3. The molecule has 0 fully saturated rings. The molecule has 3 aromatic rings. The first-order valence-electron chi connectivity index (χ1n) is 8.15. The maximum Gasteiger partial charge on any atom is 0.436 e. The van der Waals surface area contributed by atoms with Crippen LogP contribution in [0, 0.1) is 5.82 Å². The number of nitrogens with two attached hydrogens (primary N) is 1. The number of amides is 1. The molecule has 8 nitrogen and oxygen atoms in total. The van der Waals surface area contributed by atoms with Gasteiger partial charge in [-0.15, -0.1) is 5.10 Å². The number of hydrogen-bond donors (Lipinski definition) is 2. The number of rotatable bonds is 5. The Morgan fingerprint density at radius 3 is 2.47 bits per heavy atom. The van der Waals surface area contributed by atoms with Crippen LogP contribution < -0.4 is 10.5 Å². The maximum absolute atomic E-state index is 13.7. The molecule has 3 rings (SSSR count). The van der Waals surface area contributed by atoms with Crippen LogP contribution in [0.25, 0.3) is 5.69 Å². The molecule has 0 bridgehead atoms. The Kier molecular flexibility index (Phi) is 5.59. The van der Waals surface area contributed by atoms with Gasteiger partial charge in [0.15, 0.2) is 5.69 Å². The number of carbonyl (C=O) groups is 1. The molecule has 158 valence electrons. The van der Waals surface area contributed by atoms with Crippen molar-refractivity contribution in [2.24, 2.45) is 5.14 Å². The van der Waals surface area contributed by atoms with Gasteiger partial charge in [0.2, 0.25) is 15.9 Å². The normalized spacial score (nSPS) is 12.0. The zero-order valence-corrected chi connectivity index (χ0v) is 15.7. The number of alkyl halides is 3. The average molecular weight is 443 g/mol. The number of hydrogen-bond acceptors (Lipinski definition) is 5. The van der Waals surface area contributed by atoms with Crippen molar-refractivity contribution < 1.29 is 30.8 Å². The minimum Gasteiger partial charge on any atom is -0.326 e. The van der Waals surface area contributed by atoms with Gasteiger partial charge in [0.1, 0.15) is 10.7 Å². The summed E-state index contributed by atoms with van der Waals surface area (Å²) in [7, 11) is -4.41. The predicted octanol–water partition coefficient (Wildman–Crippen LogP) is 2.25. The molecule has 1 amide bonds. The summed E-state index contributed by atoms with van der Waals surface area (Å²) in [6.07, 6.45) is -4.60. The Hall–Kier alpha value is -3.32. The lowest BCUT2D eigenvalue weighted by Gasteiger charge is -2.11. The second-order valence-corrected chi connectivity index (χ2v) is 7.62. The summed E-state index contributed by atoms with van der Waals surface area (Å²) in [5.74, 6) is -1.23. The highest BCUT2D eigenvalue weighted by Crippen LogP contribution is 2.29. The number of anilines is 1. The third-order valence-electron chi connectivity index (χ3n) is 3.89. The van der Waals surface area contributed by atoms with Crippen LogP contribution in [0.2, 0.25) is 0 Å². The average Bonchev–Trinajstić information content (AvgIpc) is 3.13. The van der Waals surface area contributed by atoms with Gasteiger partial charge in [0.05, 0.1) is 18.3 Å². The molecule has 0 atom stereocenters. The fourth-order valence-electron chi connectivity index (χ4n) is 2.54. The fourth-order valence-corrected chi connectivity index (χ4v) is 3.28. The van der Waals surface area contributed by atoms with E-state index < -0.39 is 38.5 Å². The van der Waals surface area contributed by atoms with Gasteiger partial charge in [-0.05, 0) is 29.8 Å². The number of aromatic nitrogens is 3. The molecule has 2 aromatic carbocycles. The van der Waals surface area contributed by atoms with Crippen molar-refractivity contribution in [2.75, 3.05) is 5.32 Å². The molecule has 30 heavy (non-hydrogen) atoms. The summed E-state index contributed by atoms with van der Waals surface area (Å²) < 4.78 is 76.3. The Labute approximate surface area is 167 Å². The minimum absolute atomic E-state index is 0.0136. The van der Waals surface area contributed by atoms with Crippen LogP contribution in [0.3, 0.4) is 0 Å². The summed E-state index contributed by atoms with van der Waals surface area (Å²) in [6, 6.07) is 8.90. The molecule has 1 heterocycles. The van der Waals surface area contributed by atoms with Crippen molar-refractivity contribution in [3.63, 3.8) is 0 Å². The van der Waals surface area contributed by atoms with E-state index in [1.807, 2.05) is 0 Å². The van der Waals surface area contributed by atoms with Gasteiger partial charge >= 0.3 is 6.18 Å². The first kappa shape index (κ1) is 21.4. The van der Waals surface area contributed by atoms with E-state index >= 15 is 0 Å². The number of halogens is 4. The van der Waals surface area contributed by atoms with Crippen molar-refractivity contribution in [3.05, 3.63) is 65.7 Å². The summed E-state index contributed by atoms with van der Waals surface area (Å²) in [4.78, 5) is 11.6. The molecular weight excluding hydrogens is 430 g/mol. The Morgan fingerprint density at radius 2 is 1.87 bits per heavy atom. The standard InChI is InChI=1S/C17H13F4N5O3S/c18-12-4-2-1-3-10(12)7-16(27)23-11-5-6-13(14(8-11)30(22,28)29)26-9-15(24-25-26)17(19,20)21/h1-6,8-9H,7H2,(H,23,27)(H2,22,28,29). The van der Waals surface area contributed by atoms with Crippen LogP contribution in [-0.4, -0.2) is 29.3 Å². The van der Waals surface area contributed by atoms with Crippen LogP contribution in [0.4, 0.5) is 23.2 Å². The van der Waals surface area contributed by atoms with Crippen LogP contribution >= 0.6 is 0 Å². The van der Waals surface area contributed by atoms with E-state index in [0.717, 1.165) is 12.1 Å². The monoisotopic (exact) mass is 443 g/mol. The maximum atomic E-state index is 13.7. The number of primary sulfonamides is 1. The van der Waals surface area contributed by atoms with Gasteiger partial charge in [-0.1, -0.05) is 23.4 Å². The Bertz CT molecular complexity index is 1210. The van der Waals surface area contributed by atoms with E-state index in [4.69, 9.17) is 5.14 Å². The van der Waals surface area contributed by atoms with Gasteiger partial charge < -0.3 is 5.32 Å².